The molecule has 0 atom stereocenters. The standard InChI is InChI=1S/C7H13N.C4H5N/c1-3-7-4-2-6-8(7)5-1;1-2-4-5-3-1/h7H,1-6H2;1-5H. The third kappa shape index (κ3) is 2.34. The lowest BCUT2D eigenvalue weighted by molar-refractivity contribution is 0.325. The van der Waals surface area contributed by atoms with Gasteiger partial charge >= 0.3 is 0 Å². The van der Waals surface area contributed by atoms with Gasteiger partial charge in [0.25, 0.3) is 0 Å². The lowest BCUT2D eigenvalue weighted by Crippen LogP contribution is -2.21. The largest absolute Gasteiger partial charge is 0.368 e. The summed E-state index contributed by atoms with van der Waals surface area (Å²) in [5, 5.41) is 0. The first-order valence-corrected chi connectivity index (χ1v) is 5.28. The van der Waals surface area contributed by atoms with Crippen LogP contribution in [0.1, 0.15) is 25.7 Å². The van der Waals surface area contributed by atoms with Crippen LogP contribution < -0.4 is 0 Å². The van der Waals surface area contributed by atoms with Gasteiger partial charge in [-0.05, 0) is 50.9 Å². The Labute approximate surface area is 79.9 Å². The van der Waals surface area contributed by atoms with Crippen LogP contribution in [-0.2, 0) is 0 Å². The van der Waals surface area contributed by atoms with Crippen molar-refractivity contribution in [3.63, 3.8) is 0 Å². The highest BCUT2D eigenvalue weighted by Gasteiger charge is 2.27. The fourth-order valence-corrected chi connectivity index (χ4v) is 2.32. The predicted molar refractivity (Wildman–Crippen MR) is 54.6 cm³/mol. The molecule has 72 valence electrons. The van der Waals surface area contributed by atoms with Crippen LogP contribution in [0.15, 0.2) is 24.5 Å². The molecule has 0 saturated carbocycles. The van der Waals surface area contributed by atoms with Gasteiger partial charge in [-0.2, -0.15) is 0 Å². The maximum atomic E-state index is 2.86. The van der Waals surface area contributed by atoms with Crippen molar-refractivity contribution in [2.75, 3.05) is 13.1 Å². The quantitative estimate of drug-likeness (QED) is 0.645. The topological polar surface area (TPSA) is 19.0 Å². The van der Waals surface area contributed by atoms with E-state index in [4.69, 9.17) is 0 Å². The number of H-pyrrole nitrogens is 1. The first kappa shape index (κ1) is 8.82. The zero-order chi connectivity index (χ0) is 8.93. The SMILES string of the molecule is C1CC2CCCN2C1.c1cc[nH]c1. The third-order valence-corrected chi connectivity index (χ3v) is 2.98. The molecule has 2 heteroatoms. The van der Waals surface area contributed by atoms with Crippen molar-refractivity contribution < 1.29 is 0 Å². The zero-order valence-electron chi connectivity index (χ0n) is 8.08. The Balaban J connectivity index is 0.000000113. The van der Waals surface area contributed by atoms with E-state index in [1.807, 2.05) is 24.5 Å². The van der Waals surface area contributed by atoms with E-state index in [9.17, 15) is 0 Å². The van der Waals surface area contributed by atoms with E-state index >= 15 is 0 Å². The van der Waals surface area contributed by atoms with Crippen LogP contribution in [0.3, 0.4) is 0 Å². The lowest BCUT2D eigenvalue weighted by atomic mass is 10.2. The highest BCUT2D eigenvalue weighted by Crippen LogP contribution is 2.26. The molecule has 0 unspecified atom stereocenters. The van der Waals surface area contributed by atoms with Crippen LogP contribution in [0, 0.1) is 0 Å². The van der Waals surface area contributed by atoms with Gasteiger partial charge in [0, 0.05) is 18.4 Å². The Bertz CT molecular complexity index is 181. The van der Waals surface area contributed by atoms with Gasteiger partial charge in [0.05, 0.1) is 0 Å². The predicted octanol–water partition coefficient (Wildman–Crippen LogP) is 2.26. The Morgan fingerprint density at radius 1 is 1.00 bits per heavy atom. The molecule has 1 aromatic heterocycles. The second-order valence-electron chi connectivity index (χ2n) is 3.86. The Hall–Kier alpha value is -0.760. The lowest BCUT2D eigenvalue weighted by Gasteiger charge is -2.11. The van der Waals surface area contributed by atoms with Gasteiger partial charge in [0.2, 0.25) is 0 Å². The molecule has 3 heterocycles. The van der Waals surface area contributed by atoms with Crippen LogP contribution in [-0.4, -0.2) is 29.0 Å². The van der Waals surface area contributed by atoms with E-state index in [-0.39, 0.29) is 0 Å². The minimum absolute atomic E-state index is 1.01. The van der Waals surface area contributed by atoms with Gasteiger partial charge in [0.1, 0.15) is 0 Å². The molecule has 0 aliphatic carbocycles. The number of fused-ring (bicyclic) bond motifs is 1. The molecule has 3 rings (SSSR count). The molecule has 13 heavy (non-hydrogen) atoms. The van der Waals surface area contributed by atoms with Crippen LogP contribution in [0.25, 0.3) is 0 Å². The molecular formula is C11H18N2. The summed E-state index contributed by atoms with van der Waals surface area (Å²) in [5.41, 5.74) is 0. The Morgan fingerprint density at radius 3 is 2.00 bits per heavy atom. The monoisotopic (exact) mass is 178 g/mol. The summed E-state index contributed by atoms with van der Waals surface area (Å²) in [7, 11) is 0. The highest BCUT2D eigenvalue weighted by molar-refractivity contribution is 4.85. The molecule has 2 nitrogen and oxygen atoms in total. The maximum absolute atomic E-state index is 2.86. The molecule has 2 saturated heterocycles. The van der Waals surface area contributed by atoms with Crippen molar-refractivity contribution in [3.8, 4) is 0 Å². The van der Waals surface area contributed by atoms with Crippen LogP contribution >= 0.6 is 0 Å². The summed E-state index contributed by atoms with van der Waals surface area (Å²) in [6.45, 7) is 2.79. The first-order chi connectivity index (χ1) is 6.47. The van der Waals surface area contributed by atoms with E-state index < -0.39 is 0 Å². The van der Waals surface area contributed by atoms with E-state index in [1.165, 1.54) is 38.8 Å². The van der Waals surface area contributed by atoms with Crippen molar-refractivity contribution in [2.45, 2.75) is 31.7 Å². The van der Waals surface area contributed by atoms with Crippen LogP contribution in [0.4, 0.5) is 0 Å². The van der Waals surface area contributed by atoms with Gasteiger partial charge in [-0.3, -0.25) is 0 Å². The van der Waals surface area contributed by atoms with Gasteiger partial charge in [0.15, 0.2) is 0 Å². The molecule has 0 aromatic carbocycles. The Kier molecular flexibility index (Phi) is 3.03. The summed E-state index contributed by atoms with van der Waals surface area (Å²) in [6.07, 6.45) is 9.65. The smallest absolute Gasteiger partial charge is 0.00962 e. The van der Waals surface area contributed by atoms with Gasteiger partial charge in [-0.25, -0.2) is 0 Å². The average molecular weight is 178 g/mol. The van der Waals surface area contributed by atoms with Gasteiger partial charge in [-0.1, -0.05) is 0 Å². The van der Waals surface area contributed by atoms with Crippen molar-refractivity contribution in [1.29, 1.82) is 0 Å². The summed E-state index contributed by atoms with van der Waals surface area (Å²) in [6, 6.07) is 4.90. The third-order valence-electron chi connectivity index (χ3n) is 2.98. The van der Waals surface area contributed by atoms with E-state index in [0.29, 0.717) is 0 Å². The molecule has 1 aromatic rings. The average Bonchev–Trinajstić information content (AvgIpc) is 2.84. The molecule has 0 bridgehead atoms. The summed E-state index contributed by atoms with van der Waals surface area (Å²) in [4.78, 5) is 5.50. The van der Waals surface area contributed by atoms with Gasteiger partial charge in [-0.15, -0.1) is 0 Å². The number of aromatic amines is 1. The summed E-state index contributed by atoms with van der Waals surface area (Å²) < 4.78 is 0. The van der Waals surface area contributed by atoms with Crippen molar-refractivity contribution in [3.05, 3.63) is 24.5 Å². The van der Waals surface area contributed by atoms with Gasteiger partial charge < -0.3 is 9.88 Å². The molecule has 2 fully saturated rings. The van der Waals surface area contributed by atoms with Crippen molar-refractivity contribution >= 4 is 0 Å². The second-order valence-corrected chi connectivity index (χ2v) is 3.86. The fraction of sp³-hybridized carbons (Fsp3) is 0.636. The number of hydrogen-bond acceptors (Lipinski definition) is 1. The fourth-order valence-electron chi connectivity index (χ4n) is 2.32. The Morgan fingerprint density at radius 2 is 1.62 bits per heavy atom. The van der Waals surface area contributed by atoms with Crippen molar-refractivity contribution in [1.82, 2.24) is 9.88 Å². The number of rotatable bonds is 0. The molecule has 0 radical (unpaired) electrons. The van der Waals surface area contributed by atoms with Crippen LogP contribution in [0.2, 0.25) is 0 Å². The van der Waals surface area contributed by atoms with Crippen molar-refractivity contribution in [2.24, 2.45) is 0 Å². The zero-order valence-corrected chi connectivity index (χ0v) is 8.08. The molecule has 0 amide bonds. The highest BCUT2D eigenvalue weighted by atomic mass is 15.2. The van der Waals surface area contributed by atoms with Crippen LogP contribution in [0.5, 0.6) is 0 Å². The number of aromatic nitrogens is 1. The number of nitrogens with zero attached hydrogens (tertiary/aromatic N) is 1. The molecular weight excluding hydrogens is 160 g/mol. The van der Waals surface area contributed by atoms with E-state index in [1.54, 1.807) is 0 Å². The molecule has 1 N–H and O–H groups in total. The van der Waals surface area contributed by atoms with E-state index in [2.05, 4.69) is 9.88 Å². The van der Waals surface area contributed by atoms with E-state index in [0.717, 1.165) is 6.04 Å². The minimum atomic E-state index is 1.01. The molecule has 2 aliphatic heterocycles. The maximum Gasteiger partial charge on any atom is 0.00962 e. The number of nitrogens with one attached hydrogen (secondary N) is 1. The normalized spacial score (nSPS) is 22.5. The number of hydrogen-bond donors (Lipinski definition) is 1. The molecule has 2 aliphatic rings. The first-order valence-electron chi connectivity index (χ1n) is 5.28. The summed E-state index contributed by atoms with van der Waals surface area (Å²) in [5.74, 6) is 0. The minimum Gasteiger partial charge on any atom is -0.368 e. The molecule has 0 spiro atoms. The second kappa shape index (κ2) is 4.47. The summed E-state index contributed by atoms with van der Waals surface area (Å²) >= 11 is 0.